The highest BCUT2D eigenvalue weighted by Gasteiger charge is 2.30. The van der Waals surface area contributed by atoms with Gasteiger partial charge >= 0.3 is 5.97 Å². The first-order chi connectivity index (χ1) is 13.8. The third kappa shape index (κ3) is 4.77. The number of fused-ring (bicyclic) bond motifs is 1. The maximum absolute atomic E-state index is 11.8. The van der Waals surface area contributed by atoms with Gasteiger partial charge in [-0.05, 0) is 63.0 Å². The number of carbonyl (C=O) groups is 1. The van der Waals surface area contributed by atoms with Gasteiger partial charge in [0.2, 0.25) is 0 Å². The van der Waals surface area contributed by atoms with E-state index < -0.39 is 11.6 Å². The van der Waals surface area contributed by atoms with Crippen LogP contribution in [0.1, 0.15) is 60.7 Å². The number of hydrogen-bond acceptors (Lipinski definition) is 3. The van der Waals surface area contributed by atoms with Crippen LogP contribution in [-0.4, -0.2) is 21.8 Å². The molecule has 0 saturated heterocycles. The molecule has 2 N–H and O–H groups in total. The molecule has 4 heteroatoms. The van der Waals surface area contributed by atoms with Crippen LogP contribution in [0.5, 0.6) is 11.5 Å². The molecule has 29 heavy (non-hydrogen) atoms. The second kappa shape index (κ2) is 8.39. The summed E-state index contributed by atoms with van der Waals surface area (Å²) in [4.78, 5) is 11.8. The van der Waals surface area contributed by atoms with Gasteiger partial charge < -0.3 is 14.9 Å². The van der Waals surface area contributed by atoms with Crippen molar-refractivity contribution in [1.82, 2.24) is 0 Å². The monoisotopic (exact) mass is 390 g/mol. The standard InChI is InChI=1S/C25H26O4/c1-17(2)8-7-14-25(3)15-13-20-21(29-25)16-19(22(23(20)26)24(27)28)12-11-18-9-5-4-6-10-18/h4-6,8-13,15-16,26H,7,14H2,1-3H3,(H,27,28)/b12-11+/t25-/m0/s1. The van der Waals surface area contributed by atoms with Crippen molar-refractivity contribution in [3.8, 4) is 11.5 Å². The van der Waals surface area contributed by atoms with E-state index in [9.17, 15) is 15.0 Å². The van der Waals surface area contributed by atoms with E-state index >= 15 is 0 Å². The van der Waals surface area contributed by atoms with Crippen LogP contribution in [0.3, 0.4) is 0 Å². The van der Waals surface area contributed by atoms with Gasteiger partial charge in [-0.15, -0.1) is 0 Å². The van der Waals surface area contributed by atoms with Crippen LogP contribution in [0.4, 0.5) is 0 Å². The van der Waals surface area contributed by atoms with Crippen molar-refractivity contribution in [2.24, 2.45) is 0 Å². The lowest BCUT2D eigenvalue weighted by Crippen LogP contribution is -2.31. The van der Waals surface area contributed by atoms with Gasteiger partial charge in [0.15, 0.2) is 0 Å². The number of allylic oxidation sites excluding steroid dienone is 2. The van der Waals surface area contributed by atoms with Crippen LogP contribution >= 0.6 is 0 Å². The highest BCUT2D eigenvalue weighted by atomic mass is 16.5. The maximum atomic E-state index is 11.8. The van der Waals surface area contributed by atoms with Gasteiger partial charge in [-0.3, -0.25) is 0 Å². The van der Waals surface area contributed by atoms with Crippen molar-refractivity contribution in [3.63, 3.8) is 0 Å². The second-order valence-electron chi connectivity index (χ2n) is 7.72. The first-order valence-corrected chi connectivity index (χ1v) is 9.67. The molecule has 4 nitrogen and oxygen atoms in total. The molecule has 0 unspecified atom stereocenters. The quantitative estimate of drug-likeness (QED) is 0.457. The maximum Gasteiger partial charge on any atom is 0.340 e. The number of carboxylic acids is 1. The van der Waals surface area contributed by atoms with Gasteiger partial charge in [0.1, 0.15) is 22.7 Å². The molecular formula is C25H26O4. The van der Waals surface area contributed by atoms with Crippen LogP contribution in [0.25, 0.3) is 18.2 Å². The Balaban J connectivity index is 1.98. The molecule has 1 heterocycles. The summed E-state index contributed by atoms with van der Waals surface area (Å²) in [5, 5.41) is 20.3. The molecule has 0 fully saturated rings. The molecule has 0 amide bonds. The van der Waals surface area contributed by atoms with Crippen molar-refractivity contribution in [2.45, 2.75) is 39.2 Å². The first kappa shape index (κ1) is 20.5. The topological polar surface area (TPSA) is 66.8 Å². The fourth-order valence-electron chi connectivity index (χ4n) is 3.36. The molecule has 0 aromatic heterocycles. The molecule has 0 aliphatic carbocycles. The Hall–Kier alpha value is -3.27. The predicted octanol–water partition coefficient (Wildman–Crippen LogP) is 6.17. The van der Waals surface area contributed by atoms with E-state index in [1.54, 1.807) is 18.2 Å². The van der Waals surface area contributed by atoms with E-state index in [1.165, 1.54) is 5.57 Å². The summed E-state index contributed by atoms with van der Waals surface area (Å²) in [7, 11) is 0. The number of ether oxygens (including phenoxy) is 1. The van der Waals surface area contributed by atoms with Crippen LogP contribution in [0.15, 0.2) is 54.1 Å². The van der Waals surface area contributed by atoms with Crippen molar-refractivity contribution >= 4 is 24.2 Å². The Morgan fingerprint density at radius 2 is 1.90 bits per heavy atom. The zero-order valence-electron chi connectivity index (χ0n) is 17.0. The third-order valence-corrected chi connectivity index (χ3v) is 4.94. The zero-order valence-corrected chi connectivity index (χ0v) is 17.0. The number of carboxylic acid groups (broad SMARTS) is 1. The Kier molecular flexibility index (Phi) is 5.92. The number of benzene rings is 2. The van der Waals surface area contributed by atoms with Gasteiger partial charge in [-0.1, -0.05) is 54.1 Å². The van der Waals surface area contributed by atoms with Gasteiger partial charge in [-0.2, -0.15) is 0 Å². The third-order valence-electron chi connectivity index (χ3n) is 4.94. The van der Waals surface area contributed by atoms with Gasteiger partial charge in [0.25, 0.3) is 0 Å². The number of hydrogen-bond donors (Lipinski definition) is 2. The lowest BCUT2D eigenvalue weighted by atomic mass is 9.92. The Labute approximate surface area is 171 Å². The molecule has 0 bridgehead atoms. The summed E-state index contributed by atoms with van der Waals surface area (Å²) < 4.78 is 6.21. The zero-order chi connectivity index (χ0) is 21.0. The van der Waals surface area contributed by atoms with E-state index in [0.717, 1.165) is 18.4 Å². The van der Waals surface area contributed by atoms with Crippen LogP contribution in [0.2, 0.25) is 0 Å². The van der Waals surface area contributed by atoms with E-state index in [1.807, 2.05) is 49.4 Å². The molecule has 2 aromatic carbocycles. The summed E-state index contributed by atoms with van der Waals surface area (Å²) >= 11 is 0. The smallest absolute Gasteiger partial charge is 0.340 e. The fourth-order valence-corrected chi connectivity index (χ4v) is 3.36. The molecular weight excluding hydrogens is 364 g/mol. The van der Waals surface area contributed by atoms with Crippen molar-refractivity contribution in [1.29, 1.82) is 0 Å². The molecule has 0 saturated carbocycles. The highest BCUT2D eigenvalue weighted by Crippen LogP contribution is 2.42. The summed E-state index contributed by atoms with van der Waals surface area (Å²) in [6, 6.07) is 11.3. The summed E-state index contributed by atoms with van der Waals surface area (Å²) in [5.74, 6) is -0.962. The van der Waals surface area contributed by atoms with Crippen molar-refractivity contribution < 1.29 is 19.7 Å². The first-order valence-electron chi connectivity index (χ1n) is 9.67. The highest BCUT2D eigenvalue weighted by molar-refractivity contribution is 5.98. The minimum atomic E-state index is -1.18. The molecule has 150 valence electrons. The average molecular weight is 390 g/mol. The van der Waals surface area contributed by atoms with Crippen LogP contribution in [-0.2, 0) is 0 Å². The SMILES string of the molecule is CC(C)=CCC[C@@]1(C)C=Cc2c(cc(/C=C/c3ccccc3)c(C(=O)O)c2O)O1. The van der Waals surface area contributed by atoms with E-state index in [2.05, 4.69) is 19.9 Å². The van der Waals surface area contributed by atoms with Crippen LogP contribution in [0, 0.1) is 0 Å². The van der Waals surface area contributed by atoms with E-state index in [4.69, 9.17) is 4.74 Å². The number of phenols is 1. The molecule has 3 rings (SSSR count). The summed E-state index contributed by atoms with van der Waals surface area (Å²) in [5.41, 5.74) is 2.35. The fraction of sp³-hybridized carbons (Fsp3) is 0.240. The normalized spacial score (nSPS) is 17.6. The number of aromatic carboxylic acids is 1. The molecule has 1 aliphatic heterocycles. The Bertz CT molecular complexity index is 995. The number of aromatic hydroxyl groups is 1. The van der Waals surface area contributed by atoms with Gasteiger partial charge in [0.05, 0.1) is 5.56 Å². The van der Waals surface area contributed by atoms with Crippen molar-refractivity contribution in [2.75, 3.05) is 0 Å². The Morgan fingerprint density at radius 1 is 1.17 bits per heavy atom. The molecule has 1 atom stereocenters. The molecule has 1 aliphatic rings. The van der Waals surface area contributed by atoms with E-state index in [0.29, 0.717) is 16.9 Å². The lowest BCUT2D eigenvalue weighted by molar-refractivity contribution is 0.0693. The summed E-state index contributed by atoms with van der Waals surface area (Å²) in [6.07, 6.45) is 11.0. The molecule has 0 spiro atoms. The summed E-state index contributed by atoms with van der Waals surface area (Å²) in [6.45, 7) is 6.12. The van der Waals surface area contributed by atoms with Gasteiger partial charge in [0, 0.05) is 0 Å². The molecule has 0 radical (unpaired) electrons. The lowest BCUT2D eigenvalue weighted by Gasteiger charge is -2.32. The number of rotatable bonds is 6. The van der Waals surface area contributed by atoms with Crippen molar-refractivity contribution in [3.05, 3.63) is 76.4 Å². The van der Waals surface area contributed by atoms with E-state index in [-0.39, 0.29) is 11.3 Å². The average Bonchev–Trinajstić information content (AvgIpc) is 2.66. The Morgan fingerprint density at radius 3 is 2.55 bits per heavy atom. The minimum Gasteiger partial charge on any atom is -0.506 e. The van der Waals surface area contributed by atoms with Crippen LogP contribution < -0.4 is 4.74 Å². The minimum absolute atomic E-state index is 0.127. The molecule has 2 aromatic rings. The predicted molar refractivity (Wildman–Crippen MR) is 117 cm³/mol. The van der Waals surface area contributed by atoms with Gasteiger partial charge in [-0.25, -0.2) is 4.79 Å². The second-order valence-corrected chi connectivity index (χ2v) is 7.72. The largest absolute Gasteiger partial charge is 0.506 e.